The molecule has 0 unspecified atom stereocenters. The van der Waals surface area contributed by atoms with E-state index in [1.54, 1.807) is 14.0 Å². The van der Waals surface area contributed by atoms with Crippen LogP contribution < -0.4 is 9.47 Å². The predicted octanol–water partition coefficient (Wildman–Crippen LogP) is 5.59. The molecule has 0 spiro atoms. The van der Waals surface area contributed by atoms with E-state index in [1.807, 2.05) is 78.2 Å². The Hall–Kier alpha value is -3.58. The van der Waals surface area contributed by atoms with Crippen molar-refractivity contribution in [2.45, 2.75) is 30.9 Å². The van der Waals surface area contributed by atoms with Gasteiger partial charge in [-0.05, 0) is 37.6 Å². The van der Waals surface area contributed by atoms with E-state index in [0.717, 1.165) is 22.6 Å². The van der Waals surface area contributed by atoms with Crippen LogP contribution in [0.25, 0.3) is 16.8 Å². The third kappa shape index (κ3) is 5.09. The Morgan fingerprint density at radius 3 is 2.33 bits per heavy atom. The van der Waals surface area contributed by atoms with E-state index in [-0.39, 0.29) is 17.6 Å². The molecule has 0 fully saturated rings. The Morgan fingerprint density at radius 2 is 1.61 bits per heavy atom. The number of Topliss-reactive ketones (excluding diaryl/α,β-unsaturated/α-hetero) is 1. The lowest BCUT2D eigenvalue weighted by Crippen LogP contribution is -2.12. The summed E-state index contributed by atoms with van der Waals surface area (Å²) in [6.07, 6.45) is 0. The zero-order valence-electron chi connectivity index (χ0n) is 18.8. The second-order valence-electron chi connectivity index (χ2n) is 7.43. The van der Waals surface area contributed by atoms with Crippen molar-refractivity contribution in [3.05, 3.63) is 84.7 Å². The number of hydrogen-bond acceptors (Lipinski definition) is 6. The molecule has 6 nitrogen and oxygen atoms in total. The third-order valence-corrected chi connectivity index (χ3v) is 6.37. The van der Waals surface area contributed by atoms with Crippen LogP contribution in [0.2, 0.25) is 0 Å². The van der Waals surface area contributed by atoms with E-state index < -0.39 is 0 Å². The highest BCUT2D eigenvalue weighted by Crippen LogP contribution is 2.33. The summed E-state index contributed by atoms with van der Waals surface area (Å²) in [4.78, 5) is 11.9. The summed E-state index contributed by atoms with van der Waals surface area (Å²) < 4.78 is 13.7. The minimum Gasteiger partial charge on any atom is -0.495 e. The molecule has 1 heterocycles. The van der Waals surface area contributed by atoms with Gasteiger partial charge in [-0.1, -0.05) is 72.4 Å². The van der Waals surface area contributed by atoms with Gasteiger partial charge >= 0.3 is 0 Å². The van der Waals surface area contributed by atoms with Gasteiger partial charge in [-0.25, -0.2) is 0 Å². The fourth-order valence-electron chi connectivity index (χ4n) is 3.36. The summed E-state index contributed by atoms with van der Waals surface area (Å²) in [5.41, 5.74) is 2.87. The lowest BCUT2D eigenvalue weighted by atomic mass is 10.1. The van der Waals surface area contributed by atoms with Gasteiger partial charge in [0.15, 0.2) is 11.0 Å². The van der Waals surface area contributed by atoms with E-state index in [4.69, 9.17) is 9.47 Å². The van der Waals surface area contributed by atoms with Crippen LogP contribution in [0.15, 0.2) is 84.0 Å². The van der Waals surface area contributed by atoms with Gasteiger partial charge in [-0.15, -0.1) is 10.2 Å². The zero-order valence-corrected chi connectivity index (χ0v) is 19.6. The Kier molecular flexibility index (Phi) is 7.10. The standard InChI is InChI=1S/C26H25N3O3S/c1-18(30)19(2)33-26-28-27-25(29(26)22-14-8-10-16-24(22)31-3)17-32-23-15-9-7-13-21(23)20-11-5-4-6-12-20/h4-16,19H,17H2,1-3H3/t19-/m1/s1. The summed E-state index contributed by atoms with van der Waals surface area (Å²) in [6, 6.07) is 25.7. The van der Waals surface area contributed by atoms with E-state index in [2.05, 4.69) is 22.3 Å². The van der Waals surface area contributed by atoms with Crippen LogP contribution >= 0.6 is 11.8 Å². The molecule has 0 saturated heterocycles. The van der Waals surface area contributed by atoms with Gasteiger partial charge in [0.2, 0.25) is 0 Å². The number of ketones is 1. The van der Waals surface area contributed by atoms with Crippen molar-refractivity contribution in [1.82, 2.24) is 14.8 Å². The monoisotopic (exact) mass is 459 g/mol. The minimum atomic E-state index is -0.254. The van der Waals surface area contributed by atoms with Crippen LogP contribution in [-0.2, 0) is 11.4 Å². The van der Waals surface area contributed by atoms with E-state index >= 15 is 0 Å². The van der Waals surface area contributed by atoms with Gasteiger partial charge < -0.3 is 9.47 Å². The first-order valence-corrected chi connectivity index (χ1v) is 11.5. The SMILES string of the molecule is COc1ccccc1-n1c(COc2ccccc2-c2ccccc2)nnc1S[C@H](C)C(C)=O. The maximum absolute atomic E-state index is 11.9. The maximum Gasteiger partial charge on any atom is 0.196 e. The first-order valence-electron chi connectivity index (χ1n) is 10.6. The van der Waals surface area contributed by atoms with Crippen LogP contribution in [0.5, 0.6) is 11.5 Å². The molecule has 33 heavy (non-hydrogen) atoms. The largest absolute Gasteiger partial charge is 0.495 e. The molecule has 0 radical (unpaired) electrons. The topological polar surface area (TPSA) is 66.2 Å². The molecular weight excluding hydrogens is 434 g/mol. The van der Waals surface area contributed by atoms with Crippen LogP contribution in [0.1, 0.15) is 19.7 Å². The fourth-order valence-corrected chi connectivity index (χ4v) is 4.24. The smallest absolute Gasteiger partial charge is 0.196 e. The third-order valence-electron chi connectivity index (χ3n) is 5.21. The first-order chi connectivity index (χ1) is 16.1. The summed E-state index contributed by atoms with van der Waals surface area (Å²) >= 11 is 1.36. The van der Waals surface area contributed by atoms with Gasteiger partial charge in [0.05, 0.1) is 18.0 Å². The molecule has 0 aliphatic carbocycles. The second-order valence-corrected chi connectivity index (χ2v) is 8.74. The van der Waals surface area contributed by atoms with Crippen LogP contribution in [-0.4, -0.2) is 32.9 Å². The molecule has 0 N–H and O–H groups in total. The highest BCUT2D eigenvalue weighted by molar-refractivity contribution is 8.00. The van der Waals surface area contributed by atoms with Crippen molar-refractivity contribution in [2.24, 2.45) is 0 Å². The van der Waals surface area contributed by atoms with Gasteiger partial charge in [0.25, 0.3) is 0 Å². The first kappa shape index (κ1) is 22.6. The van der Waals surface area contributed by atoms with Crippen molar-refractivity contribution < 1.29 is 14.3 Å². The van der Waals surface area contributed by atoms with Crippen molar-refractivity contribution in [3.8, 4) is 28.3 Å². The lowest BCUT2D eigenvalue weighted by Gasteiger charge is -2.16. The highest BCUT2D eigenvalue weighted by atomic mass is 32.2. The fraction of sp³-hybridized carbons (Fsp3) is 0.192. The van der Waals surface area contributed by atoms with Crippen LogP contribution in [0.3, 0.4) is 0 Å². The number of rotatable bonds is 9. The summed E-state index contributed by atoms with van der Waals surface area (Å²) in [6.45, 7) is 3.64. The number of ether oxygens (including phenoxy) is 2. The Morgan fingerprint density at radius 1 is 0.939 bits per heavy atom. The predicted molar refractivity (Wildman–Crippen MR) is 130 cm³/mol. The molecule has 4 rings (SSSR count). The molecule has 0 aliphatic rings. The number of carbonyl (C=O) groups excluding carboxylic acids is 1. The highest BCUT2D eigenvalue weighted by Gasteiger charge is 2.21. The summed E-state index contributed by atoms with van der Waals surface area (Å²) in [7, 11) is 1.63. The lowest BCUT2D eigenvalue weighted by molar-refractivity contribution is -0.116. The Bertz CT molecular complexity index is 1240. The van der Waals surface area contributed by atoms with Crippen molar-refractivity contribution in [2.75, 3.05) is 7.11 Å². The van der Waals surface area contributed by atoms with Gasteiger partial charge in [0, 0.05) is 5.56 Å². The number of para-hydroxylation sites is 3. The molecule has 0 saturated carbocycles. The molecule has 1 atom stereocenters. The number of hydrogen-bond donors (Lipinski definition) is 0. The Labute approximate surface area is 197 Å². The quantitative estimate of drug-likeness (QED) is 0.304. The number of carbonyl (C=O) groups is 1. The summed E-state index contributed by atoms with van der Waals surface area (Å²) in [5.74, 6) is 2.12. The van der Waals surface area contributed by atoms with Gasteiger partial charge in [-0.2, -0.15) is 0 Å². The van der Waals surface area contributed by atoms with Crippen LogP contribution in [0, 0.1) is 0 Å². The molecule has 4 aromatic rings. The molecule has 168 valence electrons. The van der Waals surface area contributed by atoms with Crippen molar-refractivity contribution >= 4 is 17.5 Å². The zero-order chi connectivity index (χ0) is 23.2. The molecule has 7 heteroatoms. The van der Waals surface area contributed by atoms with Crippen LogP contribution in [0.4, 0.5) is 0 Å². The van der Waals surface area contributed by atoms with E-state index in [9.17, 15) is 4.79 Å². The number of aromatic nitrogens is 3. The van der Waals surface area contributed by atoms with E-state index in [1.165, 1.54) is 11.8 Å². The van der Waals surface area contributed by atoms with Crippen molar-refractivity contribution in [1.29, 1.82) is 0 Å². The van der Waals surface area contributed by atoms with Gasteiger partial charge in [0.1, 0.15) is 23.9 Å². The maximum atomic E-state index is 11.9. The molecule has 0 bridgehead atoms. The second kappa shape index (κ2) is 10.4. The summed E-state index contributed by atoms with van der Waals surface area (Å²) in [5, 5.41) is 9.12. The van der Waals surface area contributed by atoms with Gasteiger partial charge in [-0.3, -0.25) is 9.36 Å². The average Bonchev–Trinajstić information content (AvgIpc) is 3.25. The number of thioether (sulfide) groups is 1. The Balaban J connectivity index is 1.69. The average molecular weight is 460 g/mol. The number of benzene rings is 3. The number of nitrogens with zero attached hydrogens (tertiary/aromatic N) is 3. The molecule has 3 aromatic carbocycles. The molecule has 0 aliphatic heterocycles. The minimum absolute atomic E-state index is 0.0733. The number of methoxy groups -OCH3 is 1. The molecule has 0 amide bonds. The normalized spacial score (nSPS) is 11.7. The van der Waals surface area contributed by atoms with Crippen molar-refractivity contribution in [3.63, 3.8) is 0 Å². The molecular formula is C26H25N3O3S. The van der Waals surface area contributed by atoms with E-state index in [0.29, 0.717) is 16.7 Å². The molecule has 1 aromatic heterocycles.